The Kier molecular flexibility index (Phi) is 7.03. The van der Waals surface area contributed by atoms with Crippen LogP contribution in [0.3, 0.4) is 0 Å². The molecule has 0 bridgehead atoms. The van der Waals surface area contributed by atoms with E-state index in [1.807, 2.05) is 44.2 Å². The predicted molar refractivity (Wildman–Crippen MR) is 79.1 cm³/mol. The van der Waals surface area contributed by atoms with Crippen LogP contribution in [0.25, 0.3) is 0 Å². The van der Waals surface area contributed by atoms with Crippen molar-refractivity contribution < 1.29 is 9.59 Å². The van der Waals surface area contributed by atoms with Gasteiger partial charge in [-0.2, -0.15) is 5.10 Å². The summed E-state index contributed by atoms with van der Waals surface area (Å²) in [6.45, 7) is 4.28. The number of nitrogens with one attached hydrogen (secondary N) is 2. The van der Waals surface area contributed by atoms with Gasteiger partial charge in [0.05, 0.1) is 0 Å². The SMILES string of the molecule is CCC(C)=NNC(=O)CCC(=O)NCc1ccccc1. The van der Waals surface area contributed by atoms with E-state index in [1.54, 1.807) is 0 Å². The van der Waals surface area contributed by atoms with Crippen LogP contribution in [0.15, 0.2) is 35.4 Å². The summed E-state index contributed by atoms with van der Waals surface area (Å²) >= 11 is 0. The molecule has 0 unspecified atom stereocenters. The molecule has 0 saturated heterocycles. The summed E-state index contributed by atoms with van der Waals surface area (Å²) in [7, 11) is 0. The molecule has 0 aliphatic carbocycles. The lowest BCUT2D eigenvalue weighted by Crippen LogP contribution is -2.25. The van der Waals surface area contributed by atoms with E-state index in [1.165, 1.54) is 0 Å². The van der Waals surface area contributed by atoms with Crippen molar-refractivity contribution in [2.45, 2.75) is 39.7 Å². The molecule has 0 saturated carbocycles. The first-order valence-corrected chi connectivity index (χ1v) is 6.74. The Hall–Kier alpha value is -2.17. The average molecular weight is 275 g/mol. The molecule has 5 nitrogen and oxygen atoms in total. The highest BCUT2D eigenvalue weighted by molar-refractivity contribution is 5.86. The number of carbonyl (C=O) groups excluding carboxylic acids is 2. The van der Waals surface area contributed by atoms with Gasteiger partial charge >= 0.3 is 0 Å². The molecule has 2 N–H and O–H groups in total. The summed E-state index contributed by atoms with van der Waals surface area (Å²) in [6.07, 6.45) is 1.10. The summed E-state index contributed by atoms with van der Waals surface area (Å²) in [4.78, 5) is 23.0. The zero-order valence-electron chi connectivity index (χ0n) is 12.0. The van der Waals surface area contributed by atoms with Gasteiger partial charge in [-0.1, -0.05) is 37.3 Å². The monoisotopic (exact) mass is 275 g/mol. The van der Waals surface area contributed by atoms with E-state index in [0.717, 1.165) is 17.7 Å². The van der Waals surface area contributed by atoms with Crippen LogP contribution in [0.2, 0.25) is 0 Å². The predicted octanol–water partition coefficient (Wildman–Crippen LogP) is 1.99. The van der Waals surface area contributed by atoms with Gasteiger partial charge in [-0.25, -0.2) is 5.43 Å². The number of hydrogen-bond acceptors (Lipinski definition) is 3. The Labute approximate surface area is 119 Å². The topological polar surface area (TPSA) is 70.6 Å². The van der Waals surface area contributed by atoms with Crippen molar-refractivity contribution >= 4 is 17.5 Å². The molecule has 0 aromatic heterocycles. The van der Waals surface area contributed by atoms with Crippen molar-refractivity contribution in [3.05, 3.63) is 35.9 Å². The highest BCUT2D eigenvalue weighted by atomic mass is 16.2. The second-order valence-electron chi connectivity index (χ2n) is 4.50. The first kappa shape index (κ1) is 15.9. The molecule has 0 spiro atoms. The normalized spacial score (nSPS) is 11.0. The first-order valence-electron chi connectivity index (χ1n) is 6.74. The maximum Gasteiger partial charge on any atom is 0.240 e. The van der Waals surface area contributed by atoms with Crippen molar-refractivity contribution in [2.75, 3.05) is 0 Å². The van der Waals surface area contributed by atoms with Crippen LogP contribution in [-0.2, 0) is 16.1 Å². The van der Waals surface area contributed by atoms with Crippen molar-refractivity contribution in [3.8, 4) is 0 Å². The minimum absolute atomic E-state index is 0.139. The molecule has 1 rings (SSSR count). The minimum atomic E-state index is -0.243. The first-order chi connectivity index (χ1) is 9.61. The number of carbonyl (C=O) groups is 2. The molecular formula is C15H21N3O2. The number of hydrogen-bond donors (Lipinski definition) is 2. The number of nitrogens with zero attached hydrogens (tertiary/aromatic N) is 1. The number of amides is 2. The maximum atomic E-state index is 11.6. The molecule has 0 radical (unpaired) electrons. The molecule has 1 aromatic carbocycles. The summed E-state index contributed by atoms with van der Waals surface area (Å²) in [5.41, 5.74) is 4.32. The molecule has 20 heavy (non-hydrogen) atoms. The van der Waals surface area contributed by atoms with Crippen LogP contribution >= 0.6 is 0 Å². The highest BCUT2D eigenvalue weighted by Gasteiger charge is 2.06. The third kappa shape index (κ3) is 6.68. The fourth-order valence-electron chi connectivity index (χ4n) is 1.40. The highest BCUT2D eigenvalue weighted by Crippen LogP contribution is 1.98. The lowest BCUT2D eigenvalue weighted by Gasteiger charge is -2.05. The summed E-state index contributed by atoms with van der Waals surface area (Å²) in [5.74, 6) is -0.382. The largest absolute Gasteiger partial charge is 0.352 e. The Morgan fingerprint density at radius 2 is 1.75 bits per heavy atom. The van der Waals surface area contributed by atoms with Crippen LogP contribution in [-0.4, -0.2) is 17.5 Å². The number of benzene rings is 1. The van der Waals surface area contributed by atoms with Gasteiger partial charge in [-0.3, -0.25) is 9.59 Å². The van der Waals surface area contributed by atoms with Gasteiger partial charge in [0, 0.05) is 25.1 Å². The quantitative estimate of drug-likeness (QED) is 0.590. The molecule has 5 heteroatoms. The standard InChI is InChI=1S/C15H21N3O2/c1-3-12(2)17-18-15(20)10-9-14(19)16-11-13-7-5-4-6-8-13/h4-8H,3,9-11H2,1-2H3,(H,16,19)(H,18,20). The maximum absolute atomic E-state index is 11.6. The second kappa shape index (κ2) is 8.85. The lowest BCUT2D eigenvalue weighted by molar-refractivity contribution is -0.126. The smallest absolute Gasteiger partial charge is 0.240 e. The van der Waals surface area contributed by atoms with E-state index in [2.05, 4.69) is 15.8 Å². The molecule has 0 atom stereocenters. The van der Waals surface area contributed by atoms with Crippen molar-refractivity contribution in [3.63, 3.8) is 0 Å². The Morgan fingerprint density at radius 3 is 2.40 bits per heavy atom. The van der Waals surface area contributed by atoms with Crippen LogP contribution in [0.4, 0.5) is 0 Å². The van der Waals surface area contributed by atoms with E-state index in [-0.39, 0.29) is 24.7 Å². The molecular weight excluding hydrogens is 254 g/mol. The zero-order valence-corrected chi connectivity index (χ0v) is 12.0. The summed E-state index contributed by atoms with van der Waals surface area (Å²) < 4.78 is 0. The Bertz CT molecular complexity index is 469. The molecule has 1 aromatic rings. The van der Waals surface area contributed by atoms with Crippen LogP contribution < -0.4 is 10.7 Å². The molecule has 2 amide bonds. The molecule has 0 aliphatic heterocycles. The average Bonchev–Trinajstić information content (AvgIpc) is 2.49. The fraction of sp³-hybridized carbons (Fsp3) is 0.400. The Balaban J connectivity index is 2.21. The van der Waals surface area contributed by atoms with Crippen LogP contribution in [0.1, 0.15) is 38.7 Å². The Morgan fingerprint density at radius 1 is 1.10 bits per heavy atom. The molecule has 0 heterocycles. The van der Waals surface area contributed by atoms with E-state index < -0.39 is 0 Å². The van der Waals surface area contributed by atoms with E-state index in [0.29, 0.717) is 6.54 Å². The van der Waals surface area contributed by atoms with Gasteiger partial charge in [-0.15, -0.1) is 0 Å². The van der Waals surface area contributed by atoms with Gasteiger partial charge in [0.1, 0.15) is 0 Å². The van der Waals surface area contributed by atoms with Crippen molar-refractivity contribution in [1.29, 1.82) is 0 Å². The molecule has 0 aliphatic rings. The van der Waals surface area contributed by atoms with E-state index in [9.17, 15) is 9.59 Å². The molecule has 0 fully saturated rings. The van der Waals surface area contributed by atoms with Gasteiger partial charge < -0.3 is 5.32 Å². The minimum Gasteiger partial charge on any atom is -0.352 e. The summed E-state index contributed by atoms with van der Waals surface area (Å²) in [5, 5.41) is 6.68. The summed E-state index contributed by atoms with van der Waals surface area (Å²) in [6, 6.07) is 9.64. The number of rotatable bonds is 7. The van der Waals surface area contributed by atoms with Crippen molar-refractivity contribution in [2.24, 2.45) is 5.10 Å². The third-order valence-electron chi connectivity index (χ3n) is 2.79. The van der Waals surface area contributed by atoms with Gasteiger partial charge in [0.25, 0.3) is 0 Å². The zero-order chi connectivity index (χ0) is 14.8. The van der Waals surface area contributed by atoms with Gasteiger partial charge in [0.2, 0.25) is 11.8 Å². The number of hydrazone groups is 1. The van der Waals surface area contributed by atoms with E-state index >= 15 is 0 Å². The van der Waals surface area contributed by atoms with Crippen LogP contribution in [0.5, 0.6) is 0 Å². The van der Waals surface area contributed by atoms with Gasteiger partial charge in [-0.05, 0) is 18.9 Å². The van der Waals surface area contributed by atoms with Crippen LogP contribution in [0, 0.1) is 0 Å². The second-order valence-corrected chi connectivity index (χ2v) is 4.50. The third-order valence-corrected chi connectivity index (χ3v) is 2.79. The lowest BCUT2D eigenvalue weighted by atomic mass is 10.2. The fourth-order valence-corrected chi connectivity index (χ4v) is 1.40. The van der Waals surface area contributed by atoms with E-state index in [4.69, 9.17) is 0 Å². The van der Waals surface area contributed by atoms with Crippen molar-refractivity contribution in [1.82, 2.24) is 10.7 Å². The van der Waals surface area contributed by atoms with Gasteiger partial charge in [0.15, 0.2) is 0 Å². The molecule has 108 valence electrons.